The van der Waals surface area contributed by atoms with E-state index in [-0.39, 0.29) is 12.3 Å². The van der Waals surface area contributed by atoms with Crippen molar-refractivity contribution in [1.29, 1.82) is 0 Å². The molecule has 3 N–H and O–H groups in total. The van der Waals surface area contributed by atoms with Crippen LogP contribution < -0.4 is 5.32 Å². The summed E-state index contributed by atoms with van der Waals surface area (Å²) >= 11 is 0. The molecule has 0 aliphatic carbocycles. The fraction of sp³-hybridized carbons (Fsp3) is 0.775. The first-order valence-corrected chi connectivity index (χ1v) is 20.9. The maximum absolute atomic E-state index is 12.5. The summed E-state index contributed by atoms with van der Waals surface area (Å²) in [7, 11) is -4.35. The first-order valence-electron chi connectivity index (χ1n) is 19.3. The molecule has 0 aromatic carbocycles. The predicted molar refractivity (Wildman–Crippen MR) is 202 cm³/mol. The number of aliphatic hydroxyl groups is 1. The molecule has 0 saturated heterocycles. The van der Waals surface area contributed by atoms with Gasteiger partial charge in [-0.15, -0.1) is 0 Å². The van der Waals surface area contributed by atoms with Gasteiger partial charge in [0.1, 0.15) is 0 Å². The van der Waals surface area contributed by atoms with Gasteiger partial charge in [-0.05, 0) is 64.2 Å². The Morgan fingerprint density at radius 1 is 0.574 bits per heavy atom. The first kappa shape index (κ1) is 45.3. The molecule has 2 atom stereocenters. The van der Waals surface area contributed by atoms with Gasteiger partial charge in [0.2, 0.25) is 5.91 Å². The number of rotatable bonds is 34. The molecule has 47 heavy (non-hydrogen) atoms. The van der Waals surface area contributed by atoms with E-state index in [0.29, 0.717) is 6.42 Å². The van der Waals surface area contributed by atoms with Crippen LogP contribution in [-0.2, 0) is 14.9 Å². The molecule has 0 spiro atoms. The molecule has 0 saturated carbocycles. The molecular weight excluding hydrogens is 607 g/mol. The molecule has 274 valence electrons. The maximum Gasteiger partial charge on any atom is 0.267 e. The molecule has 0 rings (SSSR count). The van der Waals surface area contributed by atoms with Gasteiger partial charge in [0.15, 0.2) is 0 Å². The van der Waals surface area contributed by atoms with E-state index in [2.05, 4.69) is 55.6 Å². The third kappa shape index (κ3) is 35.4. The minimum Gasteiger partial charge on any atom is -0.387 e. The van der Waals surface area contributed by atoms with Gasteiger partial charge in [0, 0.05) is 6.42 Å². The fourth-order valence-electron chi connectivity index (χ4n) is 5.55. The van der Waals surface area contributed by atoms with Crippen LogP contribution in [-0.4, -0.2) is 41.9 Å². The second-order valence-electron chi connectivity index (χ2n) is 13.2. The van der Waals surface area contributed by atoms with E-state index in [9.17, 15) is 22.9 Å². The third-order valence-corrected chi connectivity index (χ3v) is 9.26. The molecule has 0 aromatic heterocycles. The predicted octanol–water partition coefficient (Wildman–Crippen LogP) is 11.1. The molecule has 7 heteroatoms. The minimum atomic E-state index is -4.35. The van der Waals surface area contributed by atoms with Crippen LogP contribution in [0.2, 0.25) is 0 Å². The average Bonchev–Trinajstić information content (AvgIpc) is 3.03. The number of nitrogens with one attached hydrogen (secondary N) is 1. The van der Waals surface area contributed by atoms with Gasteiger partial charge < -0.3 is 10.4 Å². The highest BCUT2D eigenvalue weighted by Gasteiger charge is 2.24. The highest BCUT2D eigenvalue weighted by Crippen LogP contribution is 2.13. The average molecular weight is 680 g/mol. The molecule has 0 radical (unpaired) electrons. The molecular formula is C40H73NO5S. The fourth-order valence-corrected chi connectivity index (χ4v) is 6.29. The van der Waals surface area contributed by atoms with E-state index < -0.39 is 28.0 Å². The Kier molecular flexibility index (Phi) is 32.9. The second kappa shape index (κ2) is 34.2. The zero-order valence-corrected chi connectivity index (χ0v) is 31.2. The zero-order valence-electron chi connectivity index (χ0n) is 30.4. The van der Waals surface area contributed by atoms with Crippen LogP contribution in [0.1, 0.15) is 181 Å². The van der Waals surface area contributed by atoms with E-state index in [4.69, 9.17) is 0 Å². The van der Waals surface area contributed by atoms with Crippen molar-refractivity contribution < 1.29 is 22.9 Å². The molecule has 0 heterocycles. The van der Waals surface area contributed by atoms with Crippen molar-refractivity contribution in [1.82, 2.24) is 5.32 Å². The molecule has 0 fully saturated rings. The van der Waals surface area contributed by atoms with Gasteiger partial charge in [-0.3, -0.25) is 9.35 Å². The van der Waals surface area contributed by atoms with Gasteiger partial charge in [0.05, 0.1) is 17.9 Å². The topological polar surface area (TPSA) is 104 Å². The van der Waals surface area contributed by atoms with Crippen molar-refractivity contribution in [2.45, 2.75) is 193 Å². The van der Waals surface area contributed by atoms with Crippen molar-refractivity contribution in [3.05, 3.63) is 48.6 Å². The lowest BCUT2D eigenvalue weighted by Gasteiger charge is -2.21. The number of unbranched alkanes of at least 4 members (excludes halogenated alkanes) is 20. The monoisotopic (exact) mass is 680 g/mol. The number of allylic oxidation sites excluding steroid dienone is 7. The lowest BCUT2D eigenvalue weighted by molar-refractivity contribution is -0.122. The normalized spacial score (nSPS) is 13.9. The van der Waals surface area contributed by atoms with Crippen LogP contribution in [0.25, 0.3) is 0 Å². The highest BCUT2D eigenvalue weighted by atomic mass is 32.2. The number of carbonyl (C=O) groups is 1. The van der Waals surface area contributed by atoms with Crippen LogP contribution >= 0.6 is 0 Å². The van der Waals surface area contributed by atoms with Gasteiger partial charge in [-0.25, -0.2) is 0 Å². The van der Waals surface area contributed by atoms with E-state index >= 15 is 0 Å². The van der Waals surface area contributed by atoms with Gasteiger partial charge in [0.25, 0.3) is 10.1 Å². The van der Waals surface area contributed by atoms with Crippen LogP contribution in [0.5, 0.6) is 0 Å². The Bertz CT molecular complexity index is 925. The highest BCUT2D eigenvalue weighted by molar-refractivity contribution is 7.85. The van der Waals surface area contributed by atoms with Gasteiger partial charge in [-0.2, -0.15) is 8.42 Å². The Morgan fingerprint density at radius 3 is 1.47 bits per heavy atom. The summed E-state index contributed by atoms with van der Waals surface area (Å²) in [6.45, 7) is 4.47. The SMILES string of the molecule is CCCCCCC/C=C\C/C=C\CCCCCCCCCCCC(=O)NC(CS(=O)(=O)O)C(O)/C=C/CC/C=C/CCCCCCC. The lowest BCUT2D eigenvalue weighted by atomic mass is 10.1. The van der Waals surface area contributed by atoms with Crippen LogP contribution in [0.15, 0.2) is 48.6 Å². The van der Waals surface area contributed by atoms with Crippen LogP contribution in [0.4, 0.5) is 0 Å². The number of aliphatic hydroxyl groups excluding tert-OH is 1. The lowest BCUT2D eigenvalue weighted by Crippen LogP contribution is -2.46. The Hall–Kier alpha value is -1.70. The zero-order chi connectivity index (χ0) is 34.7. The molecule has 0 aliphatic heterocycles. The summed E-state index contributed by atoms with van der Waals surface area (Å²) in [4.78, 5) is 12.5. The first-order chi connectivity index (χ1) is 22.8. The largest absolute Gasteiger partial charge is 0.387 e. The van der Waals surface area contributed by atoms with E-state index in [1.54, 1.807) is 6.08 Å². The van der Waals surface area contributed by atoms with Crippen molar-refractivity contribution >= 4 is 16.0 Å². The van der Waals surface area contributed by atoms with E-state index in [0.717, 1.165) is 44.9 Å². The number of hydrogen-bond acceptors (Lipinski definition) is 4. The number of hydrogen-bond donors (Lipinski definition) is 3. The summed E-state index contributed by atoms with van der Waals surface area (Å²) in [6, 6.07) is -1.07. The van der Waals surface area contributed by atoms with Gasteiger partial charge >= 0.3 is 0 Å². The maximum atomic E-state index is 12.5. The Morgan fingerprint density at radius 2 is 0.979 bits per heavy atom. The molecule has 2 unspecified atom stereocenters. The standard InChI is InChI=1S/C40H73NO5S/c1-3-5-7-9-11-13-15-16-17-18-19-20-21-22-23-24-26-28-30-32-34-36-40(43)41-38(37-47(44,45)46)39(42)35-33-31-29-27-25-14-12-10-8-6-4-2/h15-16,18-19,25,27,33,35,38-39,42H,3-14,17,20-24,26,28-32,34,36-37H2,1-2H3,(H,41,43)(H,44,45,46)/b16-15-,19-18-,27-25+,35-33+. The third-order valence-electron chi connectivity index (χ3n) is 8.48. The van der Waals surface area contributed by atoms with E-state index in [1.165, 1.54) is 115 Å². The van der Waals surface area contributed by atoms with Gasteiger partial charge in [-0.1, -0.05) is 159 Å². The summed E-state index contributed by atoms with van der Waals surface area (Å²) < 4.78 is 32.3. The smallest absolute Gasteiger partial charge is 0.267 e. The molecule has 0 aromatic rings. The van der Waals surface area contributed by atoms with E-state index in [1.807, 2.05) is 0 Å². The summed E-state index contributed by atoms with van der Waals surface area (Å²) in [5, 5.41) is 13.1. The number of carbonyl (C=O) groups excluding carboxylic acids is 1. The van der Waals surface area contributed by atoms with Crippen molar-refractivity contribution in [2.24, 2.45) is 0 Å². The van der Waals surface area contributed by atoms with Crippen molar-refractivity contribution in [3.63, 3.8) is 0 Å². The summed E-state index contributed by atoms with van der Waals surface area (Å²) in [5.41, 5.74) is 0. The van der Waals surface area contributed by atoms with Crippen LogP contribution in [0.3, 0.4) is 0 Å². The van der Waals surface area contributed by atoms with Crippen LogP contribution in [0, 0.1) is 0 Å². The quantitative estimate of drug-likeness (QED) is 0.0357. The molecule has 0 aliphatic rings. The summed E-state index contributed by atoms with van der Waals surface area (Å²) in [6.07, 6.45) is 45.3. The Balaban J connectivity index is 3.93. The second-order valence-corrected chi connectivity index (χ2v) is 14.7. The molecule has 6 nitrogen and oxygen atoms in total. The minimum absolute atomic E-state index is 0.282. The number of amides is 1. The molecule has 1 amide bonds. The summed E-state index contributed by atoms with van der Waals surface area (Å²) in [5.74, 6) is -1.01. The molecule has 0 bridgehead atoms. The van der Waals surface area contributed by atoms with Crippen molar-refractivity contribution in [3.8, 4) is 0 Å². The Labute approximate surface area is 290 Å². The van der Waals surface area contributed by atoms with Crippen molar-refractivity contribution in [2.75, 3.05) is 5.75 Å².